The van der Waals surface area contributed by atoms with Gasteiger partial charge in [0.25, 0.3) is 0 Å². The topological polar surface area (TPSA) is 240 Å². The molecular formula is C55H74Cl4N6O12S2. The number of ether oxygens (including phenoxy) is 6. The van der Waals surface area contributed by atoms with E-state index in [1.807, 2.05) is 38.4 Å². The van der Waals surface area contributed by atoms with Crippen molar-refractivity contribution >= 4 is 78.3 Å². The van der Waals surface area contributed by atoms with Gasteiger partial charge in [0, 0.05) is 90.8 Å². The van der Waals surface area contributed by atoms with Crippen LogP contribution < -0.4 is 20.9 Å². The fourth-order valence-electron chi connectivity index (χ4n) is 9.85. The summed E-state index contributed by atoms with van der Waals surface area (Å²) >= 11 is 25.8. The lowest BCUT2D eigenvalue weighted by Gasteiger charge is -2.33. The van der Waals surface area contributed by atoms with Crippen molar-refractivity contribution in [1.29, 1.82) is 0 Å². The highest BCUT2D eigenvalue weighted by Crippen LogP contribution is 2.41. The van der Waals surface area contributed by atoms with Gasteiger partial charge in [-0.1, -0.05) is 77.1 Å². The standard InChI is InChI=1S/C55H74Cl4N6O12S2/c1-64-35-47(45-31-41(56)33-51(58)49(45)37-64)39-7-5-9-43(29-39)78(68,69)62-15-19-74-23-27-76-25-21-72-17-13-55(54(61)67,12-4-3-11-53(60)66)14-18-73-22-26-77-28-24-75-20-16-63-79(70,71)44-10-6-8-40(30-44)48-36-65(2)38-50-46(48)32-42(57)34-52(50)59/h5-10,29-34,47-48,62-63H,3-4,11-28,35-38H2,1-2H3,(H2,60,66)(H2,61,67)/t47-,48-/m0/s1. The molecule has 0 aliphatic carbocycles. The molecule has 0 unspecified atom stereocenters. The average molecular weight is 1220 g/mol. The first-order valence-electron chi connectivity index (χ1n) is 26.3. The Balaban J connectivity index is 0.817. The number of nitrogens with zero attached hydrogens (tertiary/aromatic N) is 2. The van der Waals surface area contributed by atoms with E-state index in [1.54, 1.807) is 48.5 Å². The number of fused-ring (bicyclic) bond motifs is 2. The van der Waals surface area contributed by atoms with Crippen LogP contribution in [0.3, 0.4) is 0 Å². The first-order chi connectivity index (χ1) is 37.8. The molecule has 2 aliphatic rings. The Bertz CT molecular complexity index is 2700. The van der Waals surface area contributed by atoms with Gasteiger partial charge in [0.1, 0.15) is 0 Å². The predicted molar refractivity (Wildman–Crippen MR) is 306 cm³/mol. The smallest absolute Gasteiger partial charge is 0.240 e. The number of primary amides is 2. The molecule has 24 heteroatoms. The maximum absolute atomic E-state index is 13.2. The van der Waals surface area contributed by atoms with Crippen LogP contribution in [0, 0.1) is 5.41 Å². The molecule has 0 fully saturated rings. The summed E-state index contributed by atoms with van der Waals surface area (Å²) in [6, 6.07) is 21.0. The molecule has 0 saturated carbocycles. The molecule has 0 radical (unpaired) electrons. The molecule has 2 aliphatic heterocycles. The van der Waals surface area contributed by atoms with E-state index in [-0.39, 0.29) is 120 Å². The fourth-order valence-corrected chi connectivity index (χ4v) is 13.1. The van der Waals surface area contributed by atoms with Crippen LogP contribution in [-0.4, -0.2) is 158 Å². The summed E-state index contributed by atoms with van der Waals surface area (Å²) in [4.78, 5) is 28.9. The highest BCUT2D eigenvalue weighted by molar-refractivity contribution is 7.89. The Morgan fingerprint density at radius 2 is 0.949 bits per heavy atom. The number of nitrogens with two attached hydrogens (primary N) is 2. The molecule has 79 heavy (non-hydrogen) atoms. The number of hydrogen-bond acceptors (Lipinski definition) is 14. The lowest BCUT2D eigenvalue weighted by atomic mass is 9.76. The third-order valence-electron chi connectivity index (χ3n) is 14.0. The van der Waals surface area contributed by atoms with Crippen molar-refractivity contribution in [2.24, 2.45) is 16.9 Å². The minimum Gasteiger partial charge on any atom is -0.379 e. The second kappa shape index (κ2) is 31.8. The zero-order valence-electron chi connectivity index (χ0n) is 44.8. The number of carbonyl (C=O) groups is 2. The molecule has 2 atom stereocenters. The number of nitrogens with one attached hydrogen (secondary N) is 2. The maximum Gasteiger partial charge on any atom is 0.240 e. The number of likely N-dealkylation sites (N-methyl/N-ethyl adjacent to an activating group) is 2. The minimum atomic E-state index is -3.82. The largest absolute Gasteiger partial charge is 0.379 e. The average Bonchev–Trinajstić information content (AvgIpc) is 3.48. The molecule has 0 aromatic heterocycles. The SMILES string of the molecule is CN1Cc2c(Cl)cc(Cl)cc2[C@H](c2cccc(S(=O)(=O)NCCOCCOCCOCCC(CCCCC(N)=O)(CCOCCOCCOCCNS(=O)(=O)c3cccc([C@@H]4CN(C)Cc5c(Cl)cc(Cl)cc54)c3)C(N)=O)c2)C1. The molecular weight excluding hydrogens is 1140 g/mol. The Morgan fingerprint density at radius 3 is 1.34 bits per heavy atom. The van der Waals surface area contributed by atoms with Gasteiger partial charge < -0.3 is 49.7 Å². The molecule has 6 rings (SSSR count). The molecule has 4 aromatic rings. The van der Waals surface area contributed by atoms with E-state index in [2.05, 4.69) is 19.2 Å². The predicted octanol–water partition coefficient (Wildman–Crippen LogP) is 7.11. The van der Waals surface area contributed by atoms with Crippen LogP contribution in [0.4, 0.5) is 0 Å². The van der Waals surface area contributed by atoms with Crippen LogP contribution in [0.5, 0.6) is 0 Å². The summed E-state index contributed by atoms with van der Waals surface area (Å²) in [7, 11) is -3.65. The van der Waals surface area contributed by atoms with Gasteiger partial charge in [-0.3, -0.25) is 9.59 Å². The number of carbonyl (C=O) groups excluding carboxylic acids is 2. The van der Waals surface area contributed by atoms with Crippen molar-refractivity contribution in [3.63, 3.8) is 0 Å². The Kier molecular flexibility index (Phi) is 26.0. The number of benzene rings is 4. The van der Waals surface area contributed by atoms with Crippen molar-refractivity contribution in [2.75, 3.05) is 120 Å². The summed E-state index contributed by atoms with van der Waals surface area (Å²) in [5.74, 6) is -1.12. The van der Waals surface area contributed by atoms with Crippen molar-refractivity contribution in [2.45, 2.75) is 73.2 Å². The van der Waals surface area contributed by atoms with E-state index in [4.69, 9.17) is 86.3 Å². The number of unbranched alkanes of at least 4 members (excludes halogenated alkanes) is 1. The number of halogens is 4. The number of rotatable bonds is 36. The van der Waals surface area contributed by atoms with E-state index in [1.165, 1.54) is 0 Å². The zero-order chi connectivity index (χ0) is 57.0. The van der Waals surface area contributed by atoms with Gasteiger partial charge in [-0.2, -0.15) is 0 Å². The Morgan fingerprint density at radius 1 is 0.557 bits per heavy atom. The van der Waals surface area contributed by atoms with Gasteiger partial charge in [0.15, 0.2) is 0 Å². The molecule has 0 saturated heterocycles. The van der Waals surface area contributed by atoms with Gasteiger partial charge in [-0.15, -0.1) is 0 Å². The van der Waals surface area contributed by atoms with Crippen molar-refractivity contribution in [3.8, 4) is 0 Å². The monoisotopic (exact) mass is 1210 g/mol. The molecule has 0 bridgehead atoms. The van der Waals surface area contributed by atoms with Gasteiger partial charge in [0.05, 0.1) is 81.3 Å². The lowest BCUT2D eigenvalue weighted by molar-refractivity contribution is -0.131. The van der Waals surface area contributed by atoms with Crippen molar-refractivity contribution < 1.29 is 54.8 Å². The highest BCUT2D eigenvalue weighted by atomic mass is 35.5. The minimum absolute atomic E-state index is 0.0641. The molecule has 0 spiro atoms. The first-order valence-corrected chi connectivity index (χ1v) is 30.8. The van der Waals surface area contributed by atoms with Crippen LogP contribution in [0.2, 0.25) is 20.1 Å². The second-order valence-electron chi connectivity index (χ2n) is 19.8. The maximum atomic E-state index is 13.2. The van der Waals surface area contributed by atoms with E-state index in [0.29, 0.717) is 78.4 Å². The van der Waals surface area contributed by atoms with Crippen molar-refractivity contribution in [3.05, 3.63) is 126 Å². The quantitative estimate of drug-likeness (QED) is 0.0332. The third-order valence-corrected chi connectivity index (χ3v) is 18.0. The number of amides is 2. The van der Waals surface area contributed by atoms with Crippen LogP contribution in [0.15, 0.2) is 82.6 Å². The van der Waals surface area contributed by atoms with E-state index < -0.39 is 37.3 Å². The third kappa shape index (κ3) is 19.8. The second-order valence-corrected chi connectivity index (χ2v) is 25.1. The molecule has 4 aromatic carbocycles. The van der Waals surface area contributed by atoms with E-state index in [9.17, 15) is 26.4 Å². The van der Waals surface area contributed by atoms with Gasteiger partial charge in [-0.05, 0) is 122 Å². The van der Waals surface area contributed by atoms with E-state index in [0.717, 1.165) is 33.4 Å². The van der Waals surface area contributed by atoms with Crippen LogP contribution in [0.25, 0.3) is 0 Å². The molecule has 18 nitrogen and oxygen atoms in total. The van der Waals surface area contributed by atoms with Crippen LogP contribution in [-0.2, 0) is 71.1 Å². The van der Waals surface area contributed by atoms with Crippen LogP contribution in [0.1, 0.15) is 83.7 Å². The molecule has 6 N–H and O–H groups in total. The van der Waals surface area contributed by atoms with Crippen molar-refractivity contribution in [1.82, 2.24) is 19.2 Å². The Hall–Kier alpha value is -3.52. The van der Waals surface area contributed by atoms with E-state index >= 15 is 0 Å². The summed E-state index contributed by atoms with van der Waals surface area (Å²) in [6.07, 6.45) is 2.35. The summed E-state index contributed by atoms with van der Waals surface area (Å²) in [5, 5.41) is 2.24. The summed E-state index contributed by atoms with van der Waals surface area (Å²) in [5.41, 5.74) is 16.0. The van der Waals surface area contributed by atoms with Gasteiger partial charge in [0.2, 0.25) is 31.9 Å². The van der Waals surface area contributed by atoms with Gasteiger partial charge in [-0.25, -0.2) is 26.3 Å². The lowest BCUT2D eigenvalue weighted by Crippen LogP contribution is -2.39. The summed E-state index contributed by atoms with van der Waals surface area (Å²) in [6.45, 7) is 5.57. The molecule has 2 amide bonds. The highest BCUT2D eigenvalue weighted by Gasteiger charge is 2.36. The first kappa shape index (κ1) is 64.6. The number of hydrogen-bond donors (Lipinski definition) is 4. The molecule has 2 heterocycles. The number of sulfonamides is 2. The summed E-state index contributed by atoms with van der Waals surface area (Å²) < 4.78 is 92.4. The van der Waals surface area contributed by atoms with Crippen LogP contribution >= 0.6 is 46.4 Å². The zero-order valence-corrected chi connectivity index (χ0v) is 49.5. The van der Waals surface area contributed by atoms with Gasteiger partial charge >= 0.3 is 0 Å². The molecule has 436 valence electrons. The Labute approximate surface area is 485 Å². The fraction of sp³-hybridized carbons (Fsp3) is 0.527. The normalized spacial score (nSPS) is 16.2.